The molecule has 1 rings (SSSR count). The van der Waals surface area contributed by atoms with Crippen molar-refractivity contribution < 1.29 is 0 Å². The first-order valence-corrected chi connectivity index (χ1v) is 4.66. The van der Waals surface area contributed by atoms with Gasteiger partial charge in [0.15, 0.2) is 0 Å². The summed E-state index contributed by atoms with van der Waals surface area (Å²) in [5.41, 5.74) is 0.965. The summed E-state index contributed by atoms with van der Waals surface area (Å²) in [7, 11) is 0. The van der Waals surface area contributed by atoms with Gasteiger partial charge in [0.25, 0.3) is 0 Å². The second-order valence-electron chi connectivity index (χ2n) is 3.42. The Kier molecular flexibility index (Phi) is 6.76. The van der Waals surface area contributed by atoms with E-state index in [1.165, 1.54) is 32.4 Å². The molecule has 0 aromatic carbocycles. The predicted octanol–water partition coefficient (Wildman–Crippen LogP) is 2.47. The fourth-order valence-corrected chi connectivity index (χ4v) is 1.42. The molecule has 0 unspecified atom stereocenters. The second kappa shape index (κ2) is 7.00. The smallest absolute Gasteiger partial charge is 0.0605 e. The summed E-state index contributed by atoms with van der Waals surface area (Å²) in [6, 6.07) is 0. The van der Waals surface area contributed by atoms with Gasteiger partial charge in [-0.05, 0) is 38.4 Å². The third-order valence-corrected chi connectivity index (χ3v) is 2.05. The van der Waals surface area contributed by atoms with Gasteiger partial charge in [-0.25, -0.2) is 0 Å². The molecule has 1 heterocycles. The molecule has 1 aliphatic heterocycles. The lowest BCUT2D eigenvalue weighted by Gasteiger charge is -2.23. The summed E-state index contributed by atoms with van der Waals surface area (Å²) in [5, 5.41) is 0. The molecular weight excluding hydrogens is 182 g/mol. The van der Waals surface area contributed by atoms with E-state index in [4.69, 9.17) is 0 Å². The molecule has 0 radical (unpaired) electrons. The molecule has 74 valence electrons. The number of rotatable bonds is 1. The lowest BCUT2D eigenvalue weighted by atomic mass is 10.1. The van der Waals surface area contributed by atoms with Gasteiger partial charge in [-0.1, -0.05) is 24.8 Å². The van der Waals surface area contributed by atoms with Crippen LogP contribution in [0.15, 0.2) is 12.2 Å². The molecule has 0 atom stereocenters. The molecule has 0 N–H and O–H groups in total. The summed E-state index contributed by atoms with van der Waals surface area (Å²) in [6.45, 7) is 9.07. The Hall–Kier alpha value is -0.450. The number of likely N-dealkylation sites (tertiary alicyclic amines) is 1. The van der Waals surface area contributed by atoms with Gasteiger partial charge in [-0.15, -0.1) is 12.4 Å². The lowest BCUT2D eigenvalue weighted by molar-refractivity contribution is 0.255. The van der Waals surface area contributed by atoms with Crippen LogP contribution in [0.2, 0.25) is 0 Å². The van der Waals surface area contributed by atoms with Gasteiger partial charge >= 0.3 is 0 Å². The molecule has 0 aromatic heterocycles. The van der Waals surface area contributed by atoms with Crippen molar-refractivity contribution in [3.05, 3.63) is 12.2 Å². The van der Waals surface area contributed by atoms with Crippen LogP contribution >= 0.6 is 12.4 Å². The molecule has 2 heteroatoms. The Morgan fingerprint density at radius 3 is 2.46 bits per heavy atom. The highest BCUT2D eigenvalue weighted by Gasteiger charge is 2.07. The zero-order valence-corrected chi connectivity index (χ0v) is 9.12. The molecule has 0 bridgehead atoms. The van der Waals surface area contributed by atoms with Crippen molar-refractivity contribution in [1.29, 1.82) is 0 Å². The SMILES string of the molecule is C=C(C)C#CCN1CCCCC1.Cl. The Morgan fingerprint density at radius 1 is 1.31 bits per heavy atom. The molecule has 0 saturated carbocycles. The molecule has 1 nitrogen and oxygen atoms in total. The number of hydrogen-bond acceptors (Lipinski definition) is 1. The third kappa shape index (κ3) is 5.74. The zero-order valence-electron chi connectivity index (χ0n) is 8.31. The summed E-state index contributed by atoms with van der Waals surface area (Å²) >= 11 is 0. The van der Waals surface area contributed by atoms with E-state index in [1.807, 2.05) is 6.92 Å². The standard InChI is InChI=1S/C11H17N.ClH/c1-11(2)7-6-10-12-8-4-3-5-9-12;/h1,3-5,8-10H2,2H3;1H. The fraction of sp³-hybridized carbons (Fsp3) is 0.636. The van der Waals surface area contributed by atoms with Crippen molar-refractivity contribution in [2.75, 3.05) is 19.6 Å². The minimum Gasteiger partial charge on any atom is -0.292 e. The van der Waals surface area contributed by atoms with Crippen LogP contribution in [0, 0.1) is 11.8 Å². The van der Waals surface area contributed by atoms with Crippen LogP contribution in [0.5, 0.6) is 0 Å². The van der Waals surface area contributed by atoms with Crippen molar-refractivity contribution in [2.24, 2.45) is 0 Å². The third-order valence-electron chi connectivity index (χ3n) is 2.05. The zero-order chi connectivity index (χ0) is 8.81. The normalized spacial score (nSPS) is 16.7. The highest BCUT2D eigenvalue weighted by Crippen LogP contribution is 2.07. The highest BCUT2D eigenvalue weighted by molar-refractivity contribution is 5.85. The van der Waals surface area contributed by atoms with Crippen LogP contribution in [-0.4, -0.2) is 24.5 Å². The van der Waals surface area contributed by atoms with E-state index < -0.39 is 0 Å². The molecule has 1 aliphatic rings. The maximum absolute atomic E-state index is 3.75. The Labute approximate surface area is 87.6 Å². The van der Waals surface area contributed by atoms with E-state index in [0.717, 1.165) is 12.1 Å². The van der Waals surface area contributed by atoms with Gasteiger partial charge in [-0.3, -0.25) is 4.90 Å². The minimum atomic E-state index is 0. The fourth-order valence-electron chi connectivity index (χ4n) is 1.42. The predicted molar refractivity (Wildman–Crippen MR) is 60.1 cm³/mol. The van der Waals surface area contributed by atoms with Gasteiger partial charge in [-0.2, -0.15) is 0 Å². The van der Waals surface area contributed by atoms with Crippen molar-refractivity contribution in [3.8, 4) is 11.8 Å². The Balaban J connectivity index is 0.00000144. The largest absolute Gasteiger partial charge is 0.292 e. The number of hydrogen-bond donors (Lipinski definition) is 0. The van der Waals surface area contributed by atoms with Crippen molar-refractivity contribution in [1.82, 2.24) is 4.90 Å². The number of nitrogens with zero attached hydrogens (tertiary/aromatic N) is 1. The van der Waals surface area contributed by atoms with E-state index in [9.17, 15) is 0 Å². The lowest BCUT2D eigenvalue weighted by Crippen LogP contribution is -2.29. The topological polar surface area (TPSA) is 3.24 Å². The summed E-state index contributed by atoms with van der Waals surface area (Å²) < 4.78 is 0. The summed E-state index contributed by atoms with van der Waals surface area (Å²) in [4.78, 5) is 2.42. The maximum atomic E-state index is 3.75. The van der Waals surface area contributed by atoms with E-state index >= 15 is 0 Å². The first-order valence-electron chi connectivity index (χ1n) is 4.66. The number of allylic oxidation sites excluding steroid dienone is 1. The molecule has 0 spiro atoms. The average Bonchev–Trinajstić information content (AvgIpc) is 2.05. The first kappa shape index (κ1) is 12.6. The summed E-state index contributed by atoms with van der Waals surface area (Å²) in [6.07, 6.45) is 4.08. The van der Waals surface area contributed by atoms with Gasteiger partial charge in [0.05, 0.1) is 6.54 Å². The molecule has 0 aromatic rings. The van der Waals surface area contributed by atoms with E-state index in [-0.39, 0.29) is 12.4 Å². The van der Waals surface area contributed by atoms with Crippen LogP contribution in [0.3, 0.4) is 0 Å². The Morgan fingerprint density at radius 2 is 1.92 bits per heavy atom. The molecule has 1 fully saturated rings. The quantitative estimate of drug-likeness (QED) is 0.587. The maximum Gasteiger partial charge on any atom is 0.0605 e. The van der Waals surface area contributed by atoms with E-state index in [2.05, 4.69) is 23.3 Å². The number of piperidine rings is 1. The number of halogens is 1. The van der Waals surface area contributed by atoms with Crippen LogP contribution in [0.25, 0.3) is 0 Å². The van der Waals surface area contributed by atoms with Crippen LogP contribution in [0.1, 0.15) is 26.2 Å². The molecule has 13 heavy (non-hydrogen) atoms. The van der Waals surface area contributed by atoms with E-state index in [0.29, 0.717) is 0 Å². The van der Waals surface area contributed by atoms with Gasteiger partial charge in [0.1, 0.15) is 0 Å². The minimum absolute atomic E-state index is 0. The van der Waals surface area contributed by atoms with Gasteiger partial charge < -0.3 is 0 Å². The monoisotopic (exact) mass is 199 g/mol. The molecule has 0 aliphatic carbocycles. The van der Waals surface area contributed by atoms with Crippen molar-refractivity contribution >= 4 is 12.4 Å². The summed E-state index contributed by atoms with van der Waals surface area (Å²) in [5.74, 6) is 6.14. The highest BCUT2D eigenvalue weighted by atomic mass is 35.5. The van der Waals surface area contributed by atoms with Crippen LogP contribution in [-0.2, 0) is 0 Å². The molecule has 1 saturated heterocycles. The molecule has 0 amide bonds. The van der Waals surface area contributed by atoms with Crippen molar-refractivity contribution in [3.63, 3.8) is 0 Å². The van der Waals surface area contributed by atoms with Crippen molar-refractivity contribution in [2.45, 2.75) is 26.2 Å². The molecular formula is C11H18ClN. The second-order valence-corrected chi connectivity index (χ2v) is 3.42. The first-order chi connectivity index (χ1) is 5.79. The van der Waals surface area contributed by atoms with E-state index in [1.54, 1.807) is 0 Å². The van der Waals surface area contributed by atoms with Crippen LogP contribution in [0.4, 0.5) is 0 Å². The van der Waals surface area contributed by atoms with Gasteiger partial charge in [0, 0.05) is 0 Å². The van der Waals surface area contributed by atoms with Crippen LogP contribution < -0.4 is 0 Å². The average molecular weight is 200 g/mol. The Bertz CT molecular complexity index is 206. The van der Waals surface area contributed by atoms with Gasteiger partial charge in [0.2, 0.25) is 0 Å².